The number of fused-ring (bicyclic) bond motifs is 12. The second-order valence-electron chi connectivity index (χ2n) is 9.74. The van der Waals surface area contributed by atoms with Crippen molar-refractivity contribution >= 4 is 46.7 Å². The van der Waals surface area contributed by atoms with Gasteiger partial charge < -0.3 is 53.0 Å². The van der Waals surface area contributed by atoms with E-state index in [0.717, 1.165) is 22.3 Å². The van der Waals surface area contributed by atoms with Gasteiger partial charge >= 0.3 is 5.97 Å². The number of thiocyanates is 1. The van der Waals surface area contributed by atoms with Gasteiger partial charge in [0, 0.05) is 82.7 Å². The maximum absolute atomic E-state index is 12.7. The number of nitriles is 1. The highest BCUT2D eigenvalue weighted by Gasteiger charge is 2.34. The number of thioether (sulfide) groups is 1. The molecule has 1 aromatic carbocycles. The standard InChI is InChI=1S/C24H38N10O3S2/c25-14-39-19-6-4-18(5-7-19)32-22(38)34-24-11-29-15-26-8-23(9-27-16-30-12-24,10-28-17-31-13-24)33-20(35)2-1-3-21(36)37/h4-7,26-31H,1-3,8-13,15-17H2,(H,33,35)(H,36,37)(H2,32,34,38). The third-order valence-electron chi connectivity index (χ3n) is 6.38. The number of carboxylic acids is 1. The molecule has 1 aromatic rings. The largest absolute Gasteiger partial charge is 0.481 e. The number of thiocarbonyl (C=S) groups is 1. The lowest BCUT2D eigenvalue weighted by atomic mass is 9.97. The van der Waals surface area contributed by atoms with Crippen LogP contribution in [0.5, 0.6) is 0 Å². The SMILES string of the molecule is N#CSc1ccc(NC(=S)NC23CNCNCC(NC(=O)CCCC(=O)O)(CNCNC2)CNCNC3)cc1. The van der Waals surface area contributed by atoms with E-state index in [4.69, 9.17) is 22.6 Å². The minimum absolute atomic E-state index is 0.0323. The molecule has 0 aliphatic carbocycles. The first-order valence-electron chi connectivity index (χ1n) is 12.9. The van der Waals surface area contributed by atoms with Crippen LogP contribution in [0.2, 0.25) is 0 Å². The number of carbonyl (C=O) groups excluding carboxylic acids is 1. The minimum atomic E-state index is -0.904. The molecule has 0 atom stereocenters. The van der Waals surface area contributed by atoms with Crippen LogP contribution in [0.3, 0.4) is 0 Å². The van der Waals surface area contributed by atoms with E-state index < -0.39 is 17.0 Å². The average molecular weight is 579 g/mol. The molecular weight excluding hydrogens is 540 g/mol. The summed E-state index contributed by atoms with van der Waals surface area (Å²) < 4.78 is 0. The van der Waals surface area contributed by atoms with Gasteiger partial charge in [-0.25, -0.2) is 0 Å². The number of anilines is 1. The molecule has 0 saturated carbocycles. The summed E-state index contributed by atoms with van der Waals surface area (Å²) in [6.07, 6.45) is 0.428. The number of nitrogens with zero attached hydrogens (tertiary/aromatic N) is 1. The molecule has 13 nitrogen and oxygen atoms in total. The molecule has 10 N–H and O–H groups in total. The topological polar surface area (TPSA) is 186 Å². The molecule has 3 fully saturated rings. The van der Waals surface area contributed by atoms with Crippen molar-refractivity contribution in [2.24, 2.45) is 0 Å². The van der Waals surface area contributed by atoms with E-state index >= 15 is 0 Å². The molecule has 3 aliphatic heterocycles. The second-order valence-corrected chi connectivity index (χ2v) is 11.0. The number of amides is 1. The summed E-state index contributed by atoms with van der Waals surface area (Å²) in [5.41, 5.74) is -0.237. The van der Waals surface area contributed by atoms with E-state index in [0.29, 0.717) is 70.8 Å². The van der Waals surface area contributed by atoms with E-state index in [1.165, 1.54) is 0 Å². The zero-order valence-corrected chi connectivity index (χ0v) is 23.5. The van der Waals surface area contributed by atoms with Crippen molar-refractivity contribution in [1.82, 2.24) is 42.5 Å². The van der Waals surface area contributed by atoms with Gasteiger partial charge in [0.15, 0.2) is 5.11 Å². The van der Waals surface area contributed by atoms with Crippen molar-refractivity contribution in [3.05, 3.63) is 24.3 Å². The summed E-state index contributed by atoms with van der Waals surface area (Å²) in [5, 5.41) is 50.8. The van der Waals surface area contributed by atoms with Crippen LogP contribution in [0, 0.1) is 10.7 Å². The van der Waals surface area contributed by atoms with E-state index in [9.17, 15) is 9.59 Å². The molecule has 2 bridgehead atoms. The van der Waals surface area contributed by atoms with Gasteiger partial charge in [-0.3, -0.25) is 9.59 Å². The minimum Gasteiger partial charge on any atom is -0.481 e. The lowest BCUT2D eigenvalue weighted by molar-refractivity contribution is -0.137. The van der Waals surface area contributed by atoms with Crippen LogP contribution in [0.4, 0.5) is 5.69 Å². The molecule has 3 aliphatic rings. The van der Waals surface area contributed by atoms with E-state index in [-0.39, 0.29) is 18.7 Å². The molecule has 0 radical (unpaired) electrons. The van der Waals surface area contributed by atoms with Crippen molar-refractivity contribution in [1.29, 1.82) is 5.26 Å². The highest BCUT2D eigenvalue weighted by atomic mass is 32.2. The van der Waals surface area contributed by atoms with Gasteiger partial charge in [0.2, 0.25) is 5.91 Å². The zero-order chi connectivity index (χ0) is 28.0. The number of rotatable bonds is 8. The van der Waals surface area contributed by atoms with Crippen molar-refractivity contribution < 1.29 is 14.7 Å². The Morgan fingerprint density at radius 1 is 0.872 bits per heavy atom. The molecule has 39 heavy (non-hydrogen) atoms. The van der Waals surface area contributed by atoms with Crippen LogP contribution < -0.4 is 47.9 Å². The fraction of sp³-hybridized carbons (Fsp3) is 0.583. The second kappa shape index (κ2) is 15.9. The van der Waals surface area contributed by atoms with Crippen molar-refractivity contribution in [3.63, 3.8) is 0 Å². The van der Waals surface area contributed by atoms with Crippen LogP contribution in [-0.4, -0.2) is 92.4 Å². The predicted molar refractivity (Wildman–Crippen MR) is 155 cm³/mol. The van der Waals surface area contributed by atoms with Gasteiger partial charge in [0.05, 0.1) is 11.1 Å². The van der Waals surface area contributed by atoms with E-state index in [1.54, 1.807) is 0 Å². The molecule has 3 saturated heterocycles. The third-order valence-corrected chi connectivity index (χ3v) is 7.19. The van der Waals surface area contributed by atoms with Gasteiger partial charge in [-0.15, -0.1) is 0 Å². The fourth-order valence-corrected chi connectivity index (χ4v) is 5.25. The lowest BCUT2D eigenvalue weighted by Crippen LogP contribution is -2.70. The normalized spacial score (nSPS) is 24.4. The Kier molecular flexibility index (Phi) is 12.6. The fourth-order valence-electron chi connectivity index (χ4n) is 4.54. The Morgan fingerprint density at radius 3 is 1.82 bits per heavy atom. The van der Waals surface area contributed by atoms with Gasteiger partial charge in [0.25, 0.3) is 0 Å². The van der Waals surface area contributed by atoms with Crippen LogP contribution >= 0.6 is 24.0 Å². The van der Waals surface area contributed by atoms with Crippen molar-refractivity contribution in [3.8, 4) is 5.40 Å². The first kappa shape index (κ1) is 31.0. The van der Waals surface area contributed by atoms with Crippen LogP contribution in [0.15, 0.2) is 29.2 Å². The highest BCUT2D eigenvalue weighted by Crippen LogP contribution is 2.19. The van der Waals surface area contributed by atoms with E-state index in [2.05, 4.69) is 53.3 Å². The summed E-state index contributed by atoms with van der Waals surface area (Å²) in [6.45, 7) is 4.83. The number of aliphatic carboxylic acids is 1. The van der Waals surface area contributed by atoms with Gasteiger partial charge in [-0.05, 0) is 54.7 Å². The number of nitrogens with one attached hydrogen (secondary N) is 9. The maximum atomic E-state index is 12.7. The maximum Gasteiger partial charge on any atom is 0.303 e. The molecule has 3 heterocycles. The molecule has 1 amide bonds. The number of hydrogen-bond acceptors (Lipinski definition) is 11. The van der Waals surface area contributed by atoms with Crippen LogP contribution in [0.1, 0.15) is 19.3 Å². The first-order chi connectivity index (χ1) is 18.8. The number of benzene rings is 1. The summed E-state index contributed by atoms with van der Waals surface area (Å²) in [5.74, 6) is -1.07. The number of carboxylic acid groups (broad SMARTS) is 1. The predicted octanol–water partition coefficient (Wildman–Crippen LogP) is -1.17. The molecule has 214 valence electrons. The number of hydrogen-bond donors (Lipinski definition) is 10. The Morgan fingerprint density at radius 2 is 1.36 bits per heavy atom. The molecular formula is C24H38N10O3S2. The monoisotopic (exact) mass is 578 g/mol. The van der Waals surface area contributed by atoms with Crippen LogP contribution in [0.25, 0.3) is 0 Å². The van der Waals surface area contributed by atoms with Gasteiger partial charge in [0.1, 0.15) is 5.40 Å². The smallest absolute Gasteiger partial charge is 0.303 e. The summed E-state index contributed by atoms with van der Waals surface area (Å²) >= 11 is 6.77. The van der Waals surface area contributed by atoms with Crippen LogP contribution in [-0.2, 0) is 9.59 Å². The molecule has 0 aromatic heterocycles. The molecule has 0 spiro atoms. The summed E-state index contributed by atoms with van der Waals surface area (Å²) in [4.78, 5) is 24.3. The third kappa shape index (κ3) is 10.9. The highest BCUT2D eigenvalue weighted by molar-refractivity contribution is 8.03. The summed E-state index contributed by atoms with van der Waals surface area (Å²) in [6, 6.07) is 7.51. The Hall–Kier alpha value is -2.55. The lowest BCUT2D eigenvalue weighted by Gasteiger charge is -2.41. The Bertz CT molecular complexity index is 966. The summed E-state index contributed by atoms with van der Waals surface area (Å²) in [7, 11) is 0. The van der Waals surface area contributed by atoms with Gasteiger partial charge in [-0.1, -0.05) is 0 Å². The van der Waals surface area contributed by atoms with Crippen molar-refractivity contribution in [2.45, 2.75) is 35.2 Å². The Labute approximate surface area is 238 Å². The first-order valence-corrected chi connectivity index (χ1v) is 14.1. The molecule has 15 heteroatoms. The molecule has 0 unspecified atom stereocenters. The quantitative estimate of drug-likeness (QED) is 0.101. The average Bonchev–Trinajstić information content (AvgIpc) is 2.87. The Balaban J connectivity index is 1.64. The van der Waals surface area contributed by atoms with Crippen molar-refractivity contribution in [2.75, 3.05) is 64.6 Å². The van der Waals surface area contributed by atoms with Gasteiger partial charge in [-0.2, -0.15) is 5.26 Å². The number of carbonyl (C=O) groups is 2. The zero-order valence-electron chi connectivity index (χ0n) is 21.8. The van der Waals surface area contributed by atoms with E-state index in [1.807, 2.05) is 24.3 Å². The molecule has 4 rings (SSSR count).